The molecule has 1 aromatic heterocycles. The van der Waals surface area contributed by atoms with Gasteiger partial charge in [-0.15, -0.1) is 0 Å². The van der Waals surface area contributed by atoms with Gasteiger partial charge in [-0.3, -0.25) is 4.79 Å². The molecule has 1 aromatic carbocycles. The third-order valence-electron chi connectivity index (χ3n) is 4.96. The monoisotopic (exact) mass is 306 g/mol. The van der Waals surface area contributed by atoms with Crippen LogP contribution in [0.1, 0.15) is 36.2 Å². The fraction of sp³-hybridized carbons (Fsp3) is 0.389. The Morgan fingerprint density at radius 2 is 2.30 bits per heavy atom. The first-order chi connectivity index (χ1) is 11.2. The molecule has 1 N–H and O–H groups in total. The van der Waals surface area contributed by atoms with Gasteiger partial charge in [0.1, 0.15) is 5.82 Å². The first-order valence-corrected chi connectivity index (χ1v) is 8.03. The van der Waals surface area contributed by atoms with Gasteiger partial charge in [0, 0.05) is 25.4 Å². The van der Waals surface area contributed by atoms with Crippen LogP contribution in [0.15, 0.2) is 36.7 Å². The van der Waals surface area contributed by atoms with Crippen molar-refractivity contribution in [2.75, 3.05) is 0 Å². The molecular formula is C18H18N4O. The standard InChI is InChI=1S/C18H18N4O/c19-11-13-2-1-3-15(10-13)18(6-7-18)21-17(23)14-4-5-16-20-8-9-22(16)12-14/h1-3,8-10,14H,4-7,12H2,(H,21,23). The number of carbonyl (C=O) groups is 1. The normalized spacial score (nSPS) is 21.1. The largest absolute Gasteiger partial charge is 0.346 e. The van der Waals surface area contributed by atoms with Crippen LogP contribution in [0.4, 0.5) is 0 Å². The Labute approximate surface area is 135 Å². The maximum atomic E-state index is 12.7. The second kappa shape index (κ2) is 5.24. The highest BCUT2D eigenvalue weighted by Gasteiger charge is 2.46. The molecule has 0 bridgehead atoms. The van der Waals surface area contributed by atoms with E-state index in [0.717, 1.165) is 37.1 Å². The number of nitrogens with one attached hydrogen (secondary N) is 1. The third-order valence-corrected chi connectivity index (χ3v) is 4.96. The topological polar surface area (TPSA) is 70.7 Å². The van der Waals surface area contributed by atoms with E-state index in [4.69, 9.17) is 5.26 Å². The summed E-state index contributed by atoms with van der Waals surface area (Å²) in [6.45, 7) is 0.704. The first-order valence-electron chi connectivity index (χ1n) is 8.03. The summed E-state index contributed by atoms with van der Waals surface area (Å²) in [7, 11) is 0. The maximum Gasteiger partial charge on any atom is 0.225 e. The lowest BCUT2D eigenvalue weighted by Gasteiger charge is -2.26. The number of aryl methyl sites for hydroxylation is 1. The van der Waals surface area contributed by atoms with Crippen molar-refractivity contribution in [2.24, 2.45) is 5.92 Å². The number of nitrogens with zero attached hydrogens (tertiary/aromatic N) is 3. The molecule has 0 saturated heterocycles. The van der Waals surface area contributed by atoms with Gasteiger partial charge < -0.3 is 9.88 Å². The molecule has 0 radical (unpaired) electrons. The molecule has 2 aliphatic rings. The minimum Gasteiger partial charge on any atom is -0.346 e. The second-order valence-corrected chi connectivity index (χ2v) is 6.50. The fourth-order valence-corrected chi connectivity index (χ4v) is 3.42. The van der Waals surface area contributed by atoms with Gasteiger partial charge in [-0.05, 0) is 37.0 Å². The van der Waals surface area contributed by atoms with E-state index in [0.29, 0.717) is 12.1 Å². The van der Waals surface area contributed by atoms with Gasteiger partial charge in [-0.25, -0.2) is 4.98 Å². The van der Waals surface area contributed by atoms with E-state index in [1.807, 2.05) is 24.4 Å². The van der Waals surface area contributed by atoms with Crippen LogP contribution in [-0.4, -0.2) is 15.5 Å². The van der Waals surface area contributed by atoms with E-state index in [1.165, 1.54) is 0 Å². The van der Waals surface area contributed by atoms with Crippen LogP contribution in [0.5, 0.6) is 0 Å². The molecule has 4 rings (SSSR count). The summed E-state index contributed by atoms with van der Waals surface area (Å²) in [5.74, 6) is 1.18. The summed E-state index contributed by atoms with van der Waals surface area (Å²) in [6.07, 6.45) is 7.32. The number of carbonyl (C=O) groups excluding carboxylic acids is 1. The van der Waals surface area contributed by atoms with Crippen LogP contribution in [-0.2, 0) is 23.3 Å². The molecule has 1 aliphatic heterocycles. The fourth-order valence-electron chi connectivity index (χ4n) is 3.42. The average Bonchev–Trinajstić information content (AvgIpc) is 3.21. The summed E-state index contributed by atoms with van der Waals surface area (Å²) >= 11 is 0. The summed E-state index contributed by atoms with van der Waals surface area (Å²) in [5, 5.41) is 12.3. The molecule has 5 heteroatoms. The third kappa shape index (κ3) is 2.50. The number of rotatable bonds is 3. The van der Waals surface area contributed by atoms with Gasteiger partial charge in [-0.1, -0.05) is 12.1 Å². The van der Waals surface area contributed by atoms with Crippen molar-refractivity contribution >= 4 is 5.91 Å². The minimum atomic E-state index is -0.265. The van der Waals surface area contributed by atoms with Gasteiger partial charge in [-0.2, -0.15) is 5.26 Å². The lowest BCUT2D eigenvalue weighted by Crippen LogP contribution is -2.41. The van der Waals surface area contributed by atoms with Crippen LogP contribution < -0.4 is 5.32 Å². The van der Waals surface area contributed by atoms with E-state index in [2.05, 4.69) is 20.9 Å². The molecule has 1 unspecified atom stereocenters. The molecule has 2 aromatic rings. The molecule has 1 amide bonds. The Hall–Kier alpha value is -2.61. The number of hydrogen-bond acceptors (Lipinski definition) is 3. The summed E-state index contributed by atoms with van der Waals surface area (Å²) < 4.78 is 2.07. The van der Waals surface area contributed by atoms with E-state index in [9.17, 15) is 4.79 Å². The quantitative estimate of drug-likeness (QED) is 0.944. The lowest BCUT2D eigenvalue weighted by molar-refractivity contribution is -0.127. The van der Waals surface area contributed by atoms with Crippen LogP contribution in [0.3, 0.4) is 0 Å². The van der Waals surface area contributed by atoms with Gasteiger partial charge in [0.2, 0.25) is 5.91 Å². The summed E-state index contributed by atoms with van der Waals surface area (Å²) in [5.41, 5.74) is 1.42. The smallest absolute Gasteiger partial charge is 0.225 e. The number of hydrogen-bond donors (Lipinski definition) is 1. The number of benzene rings is 1. The maximum absolute atomic E-state index is 12.7. The Bertz CT molecular complexity index is 797. The highest BCUT2D eigenvalue weighted by molar-refractivity contribution is 5.80. The Morgan fingerprint density at radius 1 is 1.43 bits per heavy atom. The van der Waals surface area contributed by atoms with Gasteiger partial charge in [0.05, 0.1) is 23.1 Å². The minimum absolute atomic E-state index is 0.00618. The Balaban J connectivity index is 1.49. The van der Waals surface area contributed by atoms with Crippen molar-refractivity contribution in [2.45, 2.75) is 37.8 Å². The van der Waals surface area contributed by atoms with Gasteiger partial charge in [0.25, 0.3) is 0 Å². The van der Waals surface area contributed by atoms with Gasteiger partial charge in [0.15, 0.2) is 0 Å². The van der Waals surface area contributed by atoms with Crippen molar-refractivity contribution < 1.29 is 4.79 Å². The zero-order valence-corrected chi connectivity index (χ0v) is 12.8. The lowest BCUT2D eigenvalue weighted by atomic mass is 9.96. The molecule has 1 fully saturated rings. The second-order valence-electron chi connectivity index (χ2n) is 6.50. The van der Waals surface area contributed by atoms with Crippen LogP contribution in [0, 0.1) is 17.2 Å². The number of nitriles is 1. The molecule has 0 spiro atoms. The van der Waals surface area contributed by atoms with E-state index < -0.39 is 0 Å². The zero-order chi connectivity index (χ0) is 15.9. The van der Waals surface area contributed by atoms with Crippen molar-refractivity contribution in [3.05, 3.63) is 53.6 Å². The summed E-state index contributed by atoms with van der Waals surface area (Å²) in [4.78, 5) is 17.0. The highest BCUT2D eigenvalue weighted by Crippen LogP contribution is 2.46. The van der Waals surface area contributed by atoms with Crippen LogP contribution in [0.25, 0.3) is 0 Å². The first kappa shape index (κ1) is 14.0. The molecule has 1 atom stereocenters. The van der Waals surface area contributed by atoms with Crippen molar-refractivity contribution in [1.82, 2.24) is 14.9 Å². The van der Waals surface area contributed by atoms with E-state index >= 15 is 0 Å². The molecule has 2 heterocycles. The predicted octanol–water partition coefficient (Wildman–Crippen LogP) is 2.12. The van der Waals surface area contributed by atoms with Crippen LogP contribution >= 0.6 is 0 Å². The number of imidazole rings is 1. The zero-order valence-electron chi connectivity index (χ0n) is 12.8. The van der Waals surface area contributed by atoms with Gasteiger partial charge >= 0.3 is 0 Å². The number of aromatic nitrogens is 2. The summed E-state index contributed by atoms with van der Waals surface area (Å²) in [6, 6.07) is 9.75. The molecule has 1 saturated carbocycles. The number of fused-ring (bicyclic) bond motifs is 1. The highest BCUT2D eigenvalue weighted by atomic mass is 16.2. The van der Waals surface area contributed by atoms with Crippen LogP contribution in [0.2, 0.25) is 0 Å². The molecular weight excluding hydrogens is 288 g/mol. The Morgan fingerprint density at radius 3 is 3.09 bits per heavy atom. The SMILES string of the molecule is N#Cc1cccc(C2(NC(=O)C3CCc4nccn4C3)CC2)c1. The molecule has 116 valence electrons. The van der Waals surface area contributed by atoms with Crippen molar-refractivity contribution in [3.63, 3.8) is 0 Å². The molecule has 23 heavy (non-hydrogen) atoms. The molecule has 5 nitrogen and oxygen atoms in total. The van der Waals surface area contributed by atoms with Crippen molar-refractivity contribution in [3.8, 4) is 6.07 Å². The Kier molecular flexibility index (Phi) is 3.19. The average molecular weight is 306 g/mol. The van der Waals surface area contributed by atoms with E-state index in [-0.39, 0.29) is 17.4 Å². The van der Waals surface area contributed by atoms with E-state index in [1.54, 1.807) is 12.3 Å². The number of amides is 1. The molecule has 1 aliphatic carbocycles. The predicted molar refractivity (Wildman–Crippen MR) is 84.2 cm³/mol. The van der Waals surface area contributed by atoms with Crippen molar-refractivity contribution in [1.29, 1.82) is 5.26 Å².